The number of hydrogen-bond donors (Lipinski definition) is 2. The van der Waals surface area contributed by atoms with Gasteiger partial charge in [0, 0.05) is 11.9 Å². The van der Waals surface area contributed by atoms with Crippen LogP contribution in [0.1, 0.15) is 22.0 Å². The first-order chi connectivity index (χ1) is 12.0. The number of amides is 1. The van der Waals surface area contributed by atoms with Crippen LogP contribution in [0.3, 0.4) is 0 Å². The number of para-hydroxylation sites is 1. The van der Waals surface area contributed by atoms with E-state index in [4.69, 9.17) is 4.42 Å². The number of aliphatic hydroxyl groups excluding tert-OH is 1. The van der Waals surface area contributed by atoms with E-state index in [1.165, 1.54) is 12.1 Å². The number of carbonyl (C=O) groups is 1. The number of carbonyl (C=O) groups excluding carboxylic acids is 1. The van der Waals surface area contributed by atoms with Gasteiger partial charge in [-0.2, -0.15) is 0 Å². The third-order valence-corrected chi connectivity index (χ3v) is 3.67. The molecule has 1 heterocycles. The maximum atomic E-state index is 13.2. The molecular weight excluding hydrogens is 332 g/mol. The number of hydrogen-bond acceptors (Lipinski definition) is 4. The van der Waals surface area contributed by atoms with Gasteiger partial charge in [0.05, 0.1) is 6.10 Å². The zero-order chi connectivity index (χ0) is 18.0. The lowest BCUT2D eigenvalue weighted by molar-refractivity contribution is 0.0912. The number of nitrogens with one attached hydrogen (secondary N) is 1. The van der Waals surface area contributed by atoms with Crippen LogP contribution >= 0.6 is 0 Å². The van der Waals surface area contributed by atoms with Crippen molar-refractivity contribution in [3.8, 4) is 0 Å². The summed E-state index contributed by atoms with van der Waals surface area (Å²) in [4.78, 5) is 24.0. The fraction of sp³-hybridized carbons (Fsp3) is 0.111. The van der Waals surface area contributed by atoms with Gasteiger partial charge in [-0.25, -0.2) is 13.6 Å². The highest BCUT2D eigenvalue weighted by molar-refractivity contribution is 5.96. The number of halogens is 2. The van der Waals surface area contributed by atoms with Crippen molar-refractivity contribution in [3.05, 3.63) is 81.7 Å². The minimum absolute atomic E-state index is 0.102. The van der Waals surface area contributed by atoms with Gasteiger partial charge in [-0.05, 0) is 29.8 Å². The number of rotatable bonds is 4. The van der Waals surface area contributed by atoms with Gasteiger partial charge in [-0.1, -0.05) is 24.3 Å². The summed E-state index contributed by atoms with van der Waals surface area (Å²) >= 11 is 0. The summed E-state index contributed by atoms with van der Waals surface area (Å²) in [5.41, 5.74) is -0.565. The van der Waals surface area contributed by atoms with Crippen LogP contribution in [0.4, 0.5) is 8.78 Å². The largest absolute Gasteiger partial charge is 0.422 e. The first kappa shape index (κ1) is 16.8. The van der Waals surface area contributed by atoms with E-state index >= 15 is 0 Å². The van der Waals surface area contributed by atoms with E-state index in [9.17, 15) is 23.5 Å². The summed E-state index contributed by atoms with van der Waals surface area (Å²) in [5, 5.41) is 12.9. The van der Waals surface area contributed by atoms with Gasteiger partial charge < -0.3 is 14.8 Å². The molecule has 5 nitrogen and oxygen atoms in total. The molecule has 0 bridgehead atoms. The molecule has 3 aromatic rings. The van der Waals surface area contributed by atoms with Crippen molar-refractivity contribution in [2.24, 2.45) is 0 Å². The fourth-order valence-electron chi connectivity index (χ4n) is 2.34. The smallest absolute Gasteiger partial charge is 0.349 e. The first-order valence-corrected chi connectivity index (χ1v) is 7.40. The molecule has 1 aromatic heterocycles. The summed E-state index contributed by atoms with van der Waals surface area (Å²) in [5.74, 6) is -2.87. The van der Waals surface area contributed by atoms with E-state index in [1.807, 2.05) is 0 Å². The van der Waals surface area contributed by atoms with Gasteiger partial charge in [-0.15, -0.1) is 0 Å². The Morgan fingerprint density at radius 3 is 2.64 bits per heavy atom. The highest BCUT2D eigenvalue weighted by Crippen LogP contribution is 2.16. The average molecular weight is 345 g/mol. The summed E-state index contributed by atoms with van der Waals surface area (Å²) in [6.07, 6.45) is -1.26. The third kappa shape index (κ3) is 3.56. The Balaban J connectivity index is 1.75. The molecule has 0 spiro atoms. The molecule has 0 saturated carbocycles. The maximum Gasteiger partial charge on any atom is 0.349 e. The second kappa shape index (κ2) is 6.82. The fourth-order valence-corrected chi connectivity index (χ4v) is 2.34. The van der Waals surface area contributed by atoms with Crippen LogP contribution < -0.4 is 10.9 Å². The van der Waals surface area contributed by atoms with E-state index in [1.54, 1.807) is 24.3 Å². The van der Waals surface area contributed by atoms with Crippen molar-refractivity contribution in [2.75, 3.05) is 6.54 Å². The molecule has 1 amide bonds. The Hall–Kier alpha value is -3.06. The van der Waals surface area contributed by atoms with E-state index in [-0.39, 0.29) is 17.7 Å². The minimum atomic E-state index is -1.26. The lowest BCUT2D eigenvalue weighted by atomic mass is 10.1. The van der Waals surface area contributed by atoms with Crippen LogP contribution in [0.15, 0.2) is 57.7 Å². The summed E-state index contributed by atoms with van der Waals surface area (Å²) < 4.78 is 31.1. The van der Waals surface area contributed by atoms with Crippen molar-refractivity contribution in [3.63, 3.8) is 0 Å². The first-order valence-electron chi connectivity index (χ1n) is 7.40. The monoisotopic (exact) mass is 345 g/mol. The molecule has 2 aromatic carbocycles. The Bertz CT molecular complexity index is 1000. The maximum absolute atomic E-state index is 13.2. The summed E-state index contributed by atoms with van der Waals surface area (Å²) in [6, 6.07) is 11.0. The predicted molar refractivity (Wildman–Crippen MR) is 86.1 cm³/mol. The predicted octanol–water partition coefficient (Wildman–Crippen LogP) is 2.53. The van der Waals surface area contributed by atoms with Crippen LogP contribution in [0.2, 0.25) is 0 Å². The molecule has 25 heavy (non-hydrogen) atoms. The van der Waals surface area contributed by atoms with E-state index in [0.717, 1.165) is 12.1 Å². The van der Waals surface area contributed by atoms with Gasteiger partial charge >= 0.3 is 5.63 Å². The summed E-state index contributed by atoms with van der Waals surface area (Å²) in [7, 11) is 0. The second-order valence-corrected chi connectivity index (χ2v) is 5.38. The number of aliphatic hydroxyl groups is 1. The Labute approximate surface area is 140 Å². The Kier molecular flexibility index (Phi) is 4.58. The van der Waals surface area contributed by atoms with Crippen LogP contribution in [0.5, 0.6) is 0 Å². The highest BCUT2D eigenvalue weighted by atomic mass is 19.2. The highest BCUT2D eigenvalue weighted by Gasteiger charge is 2.16. The van der Waals surface area contributed by atoms with E-state index in [0.29, 0.717) is 11.0 Å². The zero-order valence-corrected chi connectivity index (χ0v) is 12.8. The molecule has 0 fully saturated rings. The van der Waals surface area contributed by atoms with E-state index in [2.05, 4.69) is 5.32 Å². The number of benzene rings is 2. The van der Waals surface area contributed by atoms with Crippen LogP contribution in [-0.4, -0.2) is 17.6 Å². The van der Waals surface area contributed by atoms with Gasteiger partial charge in [-0.3, -0.25) is 4.79 Å². The molecule has 0 aliphatic heterocycles. The van der Waals surface area contributed by atoms with Crippen molar-refractivity contribution in [1.82, 2.24) is 5.32 Å². The molecule has 0 aliphatic carbocycles. The van der Waals surface area contributed by atoms with Crippen LogP contribution in [0, 0.1) is 11.6 Å². The van der Waals surface area contributed by atoms with Gasteiger partial charge in [0.2, 0.25) is 0 Å². The normalized spacial score (nSPS) is 12.1. The molecule has 1 atom stereocenters. The molecule has 0 saturated heterocycles. The van der Waals surface area contributed by atoms with Crippen LogP contribution in [-0.2, 0) is 0 Å². The Morgan fingerprint density at radius 2 is 1.88 bits per heavy atom. The average Bonchev–Trinajstić information content (AvgIpc) is 2.61. The van der Waals surface area contributed by atoms with Gasteiger partial charge in [0.15, 0.2) is 11.6 Å². The molecule has 3 rings (SSSR count). The van der Waals surface area contributed by atoms with Crippen LogP contribution in [0.25, 0.3) is 11.0 Å². The molecule has 2 N–H and O–H groups in total. The van der Waals surface area contributed by atoms with Crippen molar-refractivity contribution >= 4 is 16.9 Å². The molecule has 0 aliphatic rings. The SMILES string of the molecule is O=C(NCC(O)c1ccc(F)c(F)c1)c1cc2ccccc2oc1=O. The molecule has 0 radical (unpaired) electrons. The lowest BCUT2D eigenvalue weighted by Gasteiger charge is -2.12. The third-order valence-electron chi connectivity index (χ3n) is 3.67. The Morgan fingerprint density at radius 1 is 1.12 bits per heavy atom. The van der Waals surface area contributed by atoms with E-state index < -0.39 is 29.3 Å². The molecule has 128 valence electrons. The minimum Gasteiger partial charge on any atom is -0.422 e. The van der Waals surface area contributed by atoms with Gasteiger partial charge in [0.25, 0.3) is 5.91 Å². The standard InChI is InChI=1S/C18H13F2NO4/c19-13-6-5-10(8-14(13)20)15(22)9-21-17(23)12-7-11-3-1-2-4-16(11)25-18(12)24/h1-8,15,22H,9H2,(H,21,23). The van der Waals surface area contributed by atoms with Crippen molar-refractivity contribution < 1.29 is 23.1 Å². The second-order valence-electron chi connectivity index (χ2n) is 5.38. The summed E-state index contributed by atoms with van der Waals surface area (Å²) in [6.45, 7) is -0.282. The lowest BCUT2D eigenvalue weighted by Crippen LogP contribution is -2.31. The molecular formula is C18H13F2NO4. The molecule has 1 unspecified atom stereocenters. The topological polar surface area (TPSA) is 79.5 Å². The van der Waals surface area contributed by atoms with Crippen molar-refractivity contribution in [2.45, 2.75) is 6.10 Å². The number of fused-ring (bicyclic) bond motifs is 1. The quantitative estimate of drug-likeness (QED) is 0.712. The van der Waals surface area contributed by atoms with Crippen molar-refractivity contribution in [1.29, 1.82) is 0 Å². The van der Waals surface area contributed by atoms with Gasteiger partial charge in [0.1, 0.15) is 11.1 Å². The zero-order valence-electron chi connectivity index (χ0n) is 12.8. The molecule has 7 heteroatoms.